The lowest BCUT2D eigenvalue weighted by Gasteiger charge is -2.11. The van der Waals surface area contributed by atoms with E-state index in [4.69, 9.17) is 0 Å². The maximum atomic E-state index is 13.4. The van der Waals surface area contributed by atoms with Gasteiger partial charge < -0.3 is 5.11 Å². The molecule has 16 heavy (non-hydrogen) atoms. The number of pyridine rings is 1. The number of rotatable bonds is 2. The Morgan fingerprint density at radius 3 is 2.75 bits per heavy atom. The molecule has 4 heteroatoms. The second kappa shape index (κ2) is 4.72. The Kier molecular flexibility index (Phi) is 3.31. The van der Waals surface area contributed by atoms with Gasteiger partial charge in [-0.3, -0.25) is 4.98 Å². The summed E-state index contributed by atoms with van der Waals surface area (Å²) in [6, 6.07) is 9.85. The van der Waals surface area contributed by atoms with E-state index in [-0.39, 0.29) is 5.69 Å². The largest absolute Gasteiger partial charge is 0.382 e. The van der Waals surface area contributed by atoms with E-state index in [1.165, 1.54) is 18.3 Å². The Morgan fingerprint density at radius 1 is 1.25 bits per heavy atom. The van der Waals surface area contributed by atoms with Crippen molar-refractivity contribution in [2.45, 2.75) is 6.10 Å². The van der Waals surface area contributed by atoms with Gasteiger partial charge in [-0.1, -0.05) is 28.1 Å². The van der Waals surface area contributed by atoms with Crippen molar-refractivity contribution >= 4 is 15.9 Å². The van der Waals surface area contributed by atoms with Crippen LogP contribution in [0.1, 0.15) is 17.4 Å². The molecule has 1 atom stereocenters. The van der Waals surface area contributed by atoms with Gasteiger partial charge in [0.15, 0.2) is 0 Å². The van der Waals surface area contributed by atoms with Crippen LogP contribution in [0.15, 0.2) is 47.1 Å². The third-order valence-electron chi connectivity index (χ3n) is 2.21. The van der Waals surface area contributed by atoms with Crippen molar-refractivity contribution in [3.05, 3.63) is 64.1 Å². The number of hydrogen-bond acceptors (Lipinski definition) is 2. The number of aromatic nitrogens is 1. The zero-order valence-corrected chi connectivity index (χ0v) is 9.86. The smallest absolute Gasteiger partial charge is 0.147 e. The van der Waals surface area contributed by atoms with Gasteiger partial charge in [0.2, 0.25) is 0 Å². The van der Waals surface area contributed by atoms with Gasteiger partial charge in [0, 0.05) is 10.7 Å². The molecule has 0 saturated heterocycles. The molecule has 2 aromatic rings. The minimum Gasteiger partial charge on any atom is -0.382 e. The Balaban J connectivity index is 2.39. The third-order valence-corrected chi connectivity index (χ3v) is 2.70. The lowest BCUT2D eigenvalue weighted by molar-refractivity contribution is 0.209. The van der Waals surface area contributed by atoms with Crippen molar-refractivity contribution in [3.63, 3.8) is 0 Å². The highest BCUT2D eigenvalue weighted by molar-refractivity contribution is 9.10. The number of halogens is 2. The van der Waals surface area contributed by atoms with Crippen LogP contribution in [0.2, 0.25) is 0 Å². The molecule has 82 valence electrons. The fourth-order valence-corrected chi connectivity index (χ4v) is 1.85. The highest BCUT2D eigenvalue weighted by Gasteiger charge is 2.15. The quantitative estimate of drug-likeness (QED) is 0.918. The molecule has 2 nitrogen and oxygen atoms in total. The van der Waals surface area contributed by atoms with Crippen LogP contribution in [0.5, 0.6) is 0 Å². The average molecular weight is 282 g/mol. The molecule has 0 aliphatic carbocycles. The first-order valence-electron chi connectivity index (χ1n) is 4.72. The second-order valence-electron chi connectivity index (χ2n) is 3.33. The highest BCUT2D eigenvalue weighted by atomic mass is 79.9. The normalized spacial score (nSPS) is 12.4. The number of nitrogens with zero attached hydrogens (tertiary/aromatic N) is 1. The minimum absolute atomic E-state index is 0.0422. The third kappa shape index (κ3) is 2.28. The molecule has 0 aliphatic heterocycles. The summed E-state index contributed by atoms with van der Waals surface area (Å²) in [5.41, 5.74) is 0.646. The summed E-state index contributed by atoms with van der Waals surface area (Å²) >= 11 is 3.30. The van der Waals surface area contributed by atoms with E-state index in [1.54, 1.807) is 18.2 Å². The molecular weight excluding hydrogens is 273 g/mol. The van der Waals surface area contributed by atoms with Gasteiger partial charge in [-0.15, -0.1) is 0 Å². The lowest BCUT2D eigenvalue weighted by Crippen LogP contribution is -2.04. The second-order valence-corrected chi connectivity index (χ2v) is 4.24. The zero-order valence-electron chi connectivity index (χ0n) is 8.27. The molecule has 2 rings (SSSR count). The van der Waals surface area contributed by atoms with Crippen LogP contribution >= 0.6 is 15.9 Å². The Labute approximate surface area is 101 Å². The van der Waals surface area contributed by atoms with Gasteiger partial charge in [-0.05, 0) is 29.8 Å². The standard InChI is InChI=1S/C12H9BrFNO/c13-9-4-1-3-8(7-9)12(16)11-10(14)5-2-6-15-11/h1-7,12,16H. The van der Waals surface area contributed by atoms with Crippen LogP contribution in [0.25, 0.3) is 0 Å². The van der Waals surface area contributed by atoms with E-state index in [9.17, 15) is 9.50 Å². The van der Waals surface area contributed by atoms with Crippen LogP contribution in [-0.2, 0) is 0 Å². The van der Waals surface area contributed by atoms with Crippen molar-refractivity contribution in [1.29, 1.82) is 0 Å². The molecule has 0 bridgehead atoms. The molecule has 0 amide bonds. The summed E-state index contributed by atoms with van der Waals surface area (Å²) in [4.78, 5) is 3.84. The monoisotopic (exact) mass is 281 g/mol. The number of aliphatic hydroxyl groups is 1. The van der Waals surface area contributed by atoms with Gasteiger partial charge in [-0.25, -0.2) is 4.39 Å². The van der Waals surface area contributed by atoms with Crippen molar-refractivity contribution in [1.82, 2.24) is 4.98 Å². The molecule has 1 aromatic heterocycles. The van der Waals surface area contributed by atoms with Gasteiger partial charge in [0.25, 0.3) is 0 Å². The average Bonchev–Trinajstić information content (AvgIpc) is 2.29. The van der Waals surface area contributed by atoms with Gasteiger partial charge >= 0.3 is 0 Å². The topological polar surface area (TPSA) is 33.1 Å². The van der Waals surface area contributed by atoms with Crippen LogP contribution in [-0.4, -0.2) is 10.1 Å². The van der Waals surface area contributed by atoms with Crippen LogP contribution < -0.4 is 0 Å². The van der Waals surface area contributed by atoms with E-state index >= 15 is 0 Å². The van der Waals surface area contributed by atoms with Gasteiger partial charge in [-0.2, -0.15) is 0 Å². The maximum Gasteiger partial charge on any atom is 0.147 e. The first kappa shape index (κ1) is 11.2. The van der Waals surface area contributed by atoms with Gasteiger partial charge in [0.1, 0.15) is 17.6 Å². The van der Waals surface area contributed by atoms with Crippen LogP contribution in [0.4, 0.5) is 4.39 Å². The van der Waals surface area contributed by atoms with Crippen molar-refractivity contribution in [2.75, 3.05) is 0 Å². The molecule has 0 radical (unpaired) electrons. The molecular formula is C12H9BrFNO. The highest BCUT2D eigenvalue weighted by Crippen LogP contribution is 2.24. The SMILES string of the molecule is OC(c1cccc(Br)c1)c1ncccc1F. The van der Waals surface area contributed by atoms with E-state index in [2.05, 4.69) is 20.9 Å². The minimum atomic E-state index is -1.04. The fourth-order valence-electron chi connectivity index (χ4n) is 1.43. The van der Waals surface area contributed by atoms with Crippen molar-refractivity contribution in [3.8, 4) is 0 Å². The predicted octanol–water partition coefficient (Wildman–Crippen LogP) is 3.06. The number of hydrogen-bond donors (Lipinski definition) is 1. The zero-order chi connectivity index (χ0) is 11.5. The summed E-state index contributed by atoms with van der Waals surface area (Å²) in [6.07, 6.45) is 0.415. The number of aliphatic hydroxyl groups excluding tert-OH is 1. The number of benzene rings is 1. The first-order valence-corrected chi connectivity index (χ1v) is 5.52. The van der Waals surface area contributed by atoms with Crippen molar-refractivity contribution < 1.29 is 9.50 Å². The molecule has 0 aliphatic rings. The van der Waals surface area contributed by atoms with Crippen molar-refractivity contribution in [2.24, 2.45) is 0 Å². The molecule has 1 unspecified atom stereocenters. The van der Waals surface area contributed by atoms with Crippen LogP contribution in [0, 0.1) is 5.82 Å². The molecule has 1 N–H and O–H groups in total. The molecule has 1 aromatic carbocycles. The summed E-state index contributed by atoms with van der Waals surface area (Å²) in [6.45, 7) is 0. The summed E-state index contributed by atoms with van der Waals surface area (Å²) in [5, 5.41) is 9.97. The lowest BCUT2D eigenvalue weighted by atomic mass is 10.1. The molecule has 0 saturated carbocycles. The summed E-state index contributed by atoms with van der Waals surface area (Å²) in [5.74, 6) is -0.505. The molecule has 1 heterocycles. The maximum absolute atomic E-state index is 13.4. The van der Waals surface area contributed by atoms with E-state index < -0.39 is 11.9 Å². The summed E-state index contributed by atoms with van der Waals surface area (Å²) in [7, 11) is 0. The van der Waals surface area contributed by atoms with E-state index in [0.29, 0.717) is 5.56 Å². The van der Waals surface area contributed by atoms with Gasteiger partial charge in [0.05, 0.1) is 0 Å². The van der Waals surface area contributed by atoms with E-state index in [0.717, 1.165) is 4.47 Å². The molecule has 0 spiro atoms. The van der Waals surface area contributed by atoms with Crippen LogP contribution in [0.3, 0.4) is 0 Å². The first-order chi connectivity index (χ1) is 7.68. The van der Waals surface area contributed by atoms with E-state index in [1.807, 2.05) is 6.07 Å². The molecule has 0 fully saturated rings. The Hall–Kier alpha value is -1.26. The summed E-state index contributed by atoms with van der Waals surface area (Å²) < 4.78 is 14.2. The Morgan fingerprint density at radius 2 is 2.06 bits per heavy atom. The fraction of sp³-hybridized carbons (Fsp3) is 0.0833. The predicted molar refractivity (Wildman–Crippen MR) is 62.4 cm³/mol. The Bertz CT molecular complexity index is 504.